The third-order valence-electron chi connectivity index (χ3n) is 3.23. The van der Waals surface area contributed by atoms with Gasteiger partial charge in [-0.15, -0.1) is 0 Å². The number of nitriles is 1. The number of rotatable bonds is 5. The Hall–Kier alpha value is -3.40. The highest BCUT2D eigenvalue weighted by atomic mass is 16.6. The third-order valence-corrected chi connectivity index (χ3v) is 3.23. The molecule has 0 saturated carbocycles. The highest BCUT2D eigenvalue weighted by Crippen LogP contribution is 2.29. The summed E-state index contributed by atoms with van der Waals surface area (Å²) in [7, 11) is 0. The van der Waals surface area contributed by atoms with Gasteiger partial charge in [-0.2, -0.15) is 5.26 Å². The molecule has 7 nitrogen and oxygen atoms in total. The molecule has 0 bridgehead atoms. The van der Waals surface area contributed by atoms with Gasteiger partial charge in [-0.05, 0) is 31.5 Å². The van der Waals surface area contributed by atoms with E-state index in [9.17, 15) is 14.9 Å². The number of nitro benzene ring substituents is 1. The van der Waals surface area contributed by atoms with Gasteiger partial charge in [-0.25, -0.2) is 4.79 Å². The molecule has 0 aliphatic rings. The minimum atomic E-state index is -0.732. The van der Waals surface area contributed by atoms with Crippen molar-refractivity contribution in [3.05, 3.63) is 57.3 Å². The van der Waals surface area contributed by atoms with Crippen LogP contribution in [-0.2, 0) is 9.53 Å². The van der Waals surface area contributed by atoms with E-state index in [1.807, 2.05) is 0 Å². The van der Waals surface area contributed by atoms with Crippen molar-refractivity contribution in [1.29, 1.82) is 5.26 Å². The number of nitrogens with zero attached hydrogens (tertiary/aromatic N) is 2. The molecule has 0 spiro atoms. The molecule has 0 aliphatic heterocycles. The average molecular weight is 326 g/mol. The fourth-order valence-electron chi connectivity index (χ4n) is 2.05. The highest BCUT2D eigenvalue weighted by molar-refractivity contribution is 5.97. The minimum Gasteiger partial charge on any atom is -0.462 e. The van der Waals surface area contributed by atoms with Crippen LogP contribution in [0.1, 0.15) is 18.2 Å². The van der Waals surface area contributed by atoms with Crippen molar-refractivity contribution in [3.63, 3.8) is 0 Å². The Morgan fingerprint density at radius 1 is 1.42 bits per heavy atom. The second kappa shape index (κ2) is 7.24. The average Bonchev–Trinajstić information content (AvgIpc) is 3.01. The second-order valence-electron chi connectivity index (χ2n) is 4.85. The molecular weight excluding hydrogens is 312 g/mol. The standard InChI is InChI=1S/C17H14N2O5/c1-3-23-17(20)12(10-18)8-14-6-7-16(24-14)15-9-13(19(21)22)5-4-11(15)2/h4-9H,3H2,1-2H3/b12-8-. The van der Waals surface area contributed by atoms with Gasteiger partial charge in [0.1, 0.15) is 23.2 Å². The summed E-state index contributed by atoms with van der Waals surface area (Å²) in [4.78, 5) is 22.0. The van der Waals surface area contributed by atoms with Gasteiger partial charge in [-0.1, -0.05) is 6.07 Å². The summed E-state index contributed by atoms with van der Waals surface area (Å²) in [6.45, 7) is 3.60. The van der Waals surface area contributed by atoms with Crippen molar-refractivity contribution in [3.8, 4) is 17.4 Å². The van der Waals surface area contributed by atoms with Crippen LogP contribution in [0.4, 0.5) is 5.69 Å². The van der Waals surface area contributed by atoms with Crippen LogP contribution in [0.25, 0.3) is 17.4 Å². The van der Waals surface area contributed by atoms with Gasteiger partial charge in [0, 0.05) is 23.8 Å². The molecule has 2 rings (SSSR count). The number of carbonyl (C=O) groups excluding carboxylic acids is 1. The van der Waals surface area contributed by atoms with Crippen LogP contribution in [0.2, 0.25) is 0 Å². The van der Waals surface area contributed by atoms with E-state index in [4.69, 9.17) is 14.4 Å². The summed E-state index contributed by atoms with van der Waals surface area (Å²) >= 11 is 0. The Kier molecular flexibility index (Phi) is 5.12. The van der Waals surface area contributed by atoms with E-state index in [0.717, 1.165) is 5.56 Å². The Labute approximate surface area is 137 Å². The van der Waals surface area contributed by atoms with Crippen LogP contribution >= 0.6 is 0 Å². The van der Waals surface area contributed by atoms with Gasteiger partial charge in [0.05, 0.1) is 11.5 Å². The summed E-state index contributed by atoms with van der Waals surface area (Å²) in [5.74, 6) is -0.0476. The largest absolute Gasteiger partial charge is 0.462 e. The second-order valence-corrected chi connectivity index (χ2v) is 4.85. The zero-order chi connectivity index (χ0) is 17.7. The third kappa shape index (κ3) is 3.67. The van der Waals surface area contributed by atoms with E-state index in [1.54, 1.807) is 38.1 Å². The van der Waals surface area contributed by atoms with E-state index >= 15 is 0 Å². The maximum Gasteiger partial charge on any atom is 0.349 e. The van der Waals surface area contributed by atoms with Crippen molar-refractivity contribution in [2.75, 3.05) is 6.61 Å². The fraction of sp³-hybridized carbons (Fsp3) is 0.176. The van der Waals surface area contributed by atoms with Crippen LogP contribution in [0.15, 0.2) is 40.3 Å². The van der Waals surface area contributed by atoms with Crippen molar-refractivity contribution in [1.82, 2.24) is 0 Å². The van der Waals surface area contributed by atoms with E-state index in [-0.39, 0.29) is 23.6 Å². The molecule has 0 fully saturated rings. The number of furan rings is 1. The minimum absolute atomic E-state index is 0.0478. The van der Waals surface area contributed by atoms with Gasteiger partial charge < -0.3 is 9.15 Å². The normalized spacial score (nSPS) is 11.0. The zero-order valence-corrected chi connectivity index (χ0v) is 13.1. The van der Waals surface area contributed by atoms with Crippen LogP contribution in [-0.4, -0.2) is 17.5 Å². The van der Waals surface area contributed by atoms with Crippen LogP contribution in [0.3, 0.4) is 0 Å². The molecule has 2 aromatic rings. The first kappa shape index (κ1) is 17.0. The molecule has 122 valence electrons. The van der Waals surface area contributed by atoms with Gasteiger partial charge in [-0.3, -0.25) is 10.1 Å². The molecule has 0 aliphatic carbocycles. The first-order valence-electron chi connectivity index (χ1n) is 7.10. The number of non-ortho nitro benzene ring substituents is 1. The SMILES string of the molecule is CCOC(=O)/C(C#N)=C\c1ccc(-c2cc([N+](=O)[O-])ccc2C)o1. The number of carbonyl (C=O) groups is 1. The van der Waals surface area contributed by atoms with Gasteiger partial charge in [0.2, 0.25) is 0 Å². The topological polar surface area (TPSA) is 106 Å². The Morgan fingerprint density at radius 2 is 2.17 bits per heavy atom. The smallest absolute Gasteiger partial charge is 0.349 e. The van der Waals surface area contributed by atoms with Gasteiger partial charge in [0.15, 0.2) is 0 Å². The molecule has 0 N–H and O–H groups in total. The van der Waals surface area contributed by atoms with E-state index < -0.39 is 10.9 Å². The van der Waals surface area contributed by atoms with E-state index in [0.29, 0.717) is 11.3 Å². The predicted molar refractivity (Wildman–Crippen MR) is 85.8 cm³/mol. The lowest BCUT2D eigenvalue weighted by Gasteiger charge is -2.02. The number of esters is 1. The molecule has 0 unspecified atom stereocenters. The van der Waals surface area contributed by atoms with Crippen molar-refractivity contribution < 1.29 is 18.9 Å². The summed E-state index contributed by atoms with van der Waals surface area (Å²) in [6, 6.07) is 9.41. The van der Waals surface area contributed by atoms with Gasteiger partial charge in [0.25, 0.3) is 5.69 Å². The van der Waals surface area contributed by atoms with E-state index in [1.165, 1.54) is 18.2 Å². The molecule has 24 heavy (non-hydrogen) atoms. The van der Waals surface area contributed by atoms with Crippen LogP contribution < -0.4 is 0 Å². The number of aryl methyl sites for hydroxylation is 1. The lowest BCUT2D eigenvalue weighted by atomic mass is 10.1. The van der Waals surface area contributed by atoms with Crippen molar-refractivity contribution in [2.24, 2.45) is 0 Å². The first-order chi connectivity index (χ1) is 11.5. The molecule has 1 aromatic carbocycles. The number of benzene rings is 1. The molecule has 0 atom stereocenters. The zero-order valence-electron chi connectivity index (χ0n) is 13.1. The Bertz CT molecular complexity index is 858. The van der Waals surface area contributed by atoms with Gasteiger partial charge >= 0.3 is 5.97 Å². The maximum absolute atomic E-state index is 11.6. The molecule has 0 saturated heterocycles. The Morgan fingerprint density at radius 3 is 2.79 bits per heavy atom. The molecule has 0 amide bonds. The summed E-state index contributed by atoms with van der Waals surface area (Å²) in [5, 5.41) is 19.9. The van der Waals surface area contributed by atoms with Crippen LogP contribution in [0.5, 0.6) is 0 Å². The van der Waals surface area contributed by atoms with Crippen molar-refractivity contribution in [2.45, 2.75) is 13.8 Å². The maximum atomic E-state index is 11.6. The number of nitro groups is 1. The lowest BCUT2D eigenvalue weighted by molar-refractivity contribution is -0.384. The summed E-state index contributed by atoms with van der Waals surface area (Å²) in [6.07, 6.45) is 1.27. The lowest BCUT2D eigenvalue weighted by Crippen LogP contribution is -2.05. The molecule has 1 aromatic heterocycles. The molecule has 0 radical (unpaired) electrons. The van der Waals surface area contributed by atoms with Crippen molar-refractivity contribution >= 4 is 17.7 Å². The van der Waals surface area contributed by atoms with E-state index in [2.05, 4.69) is 0 Å². The number of hydrogen-bond donors (Lipinski definition) is 0. The molecular formula is C17H14N2O5. The highest BCUT2D eigenvalue weighted by Gasteiger charge is 2.14. The van der Waals surface area contributed by atoms with Crippen LogP contribution in [0, 0.1) is 28.4 Å². The molecule has 7 heteroatoms. The predicted octanol–water partition coefficient (Wildman–Crippen LogP) is 3.63. The Balaban J connectivity index is 2.38. The number of ether oxygens (including phenoxy) is 1. The quantitative estimate of drug-likeness (QED) is 0.273. The fourth-order valence-corrected chi connectivity index (χ4v) is 2.05. The first-order valence-corrected chi connectivity index (χ1v) is 7.10. The summed E-state index contributed by atoms with van der Waals surface area (Å²) in [5.41, 5.74) is 1.14. The monoisotopic (exact) mass is 326 g/mol. The summed E-state index contributed by atoms with van der Waals surface area (Å²) < 4.78 is 10.4. The molecule has 1 heterocycles. The number of hydrogen-bond acceptors (Lipinski definition) is 6.